The van der Waals surface area contributed by atoms with E-state index >= 15 is 0 Å². The number of guanidine groups is 1. The summed E-state index contributed by atoms with van der Waals surface area (Å²) in [5.41, 5.74) is 0. The van der Waals surface area contributed by atoms with Crippen molar-refractivity contribution in [2.75, 3.05) is 33.3 Å². The fraction of sp³-hybridized carbons (Fsp3) is 0.625. The van der Waals surface area contributed by atoms with Gasteiger partial charge in [0, 0.05) is 37.5 Å². The number of methoxy groups -OCH3 is 1. The van der Waals surface area contributed by atoms with Crippen LogP contribution >= 0.6 is 35.3 Å². The maximum atomic E-state index is 11.8. The number of nitrogens with zero attached hydrogens (tertiary/aromatic N) is 2. The van der Waals surface area contributed by atoms with Gasteiger partial charge in [-0.05, 0) is 24.3 Å². The Bertz CT molecular complexity index is 507. The molecule has 7 heteroatoms. The van der Waals surface area contributed by atoms with E-state index < -0.39 is 0 Å². The average molecular weight is 451 g/mol. The number of likely N-dealkylation sites (tertiary alicyclic amines) is 1. The van der Waals surface area contributed by atoms with Crippen molar-refractivity contribution in [2.45, 2.75) is 20.3 Å². The summed E-state index contributed by atoms with van der Waals surface area (Å²) in [7, 11) is 1.46. The van der Waals surface area contributed by atoms with Gasteiger partial charge in [0.2, 0.25) is 0 Å². The van der Waals surface area contributed by atoms with Crippen molar-refractivity contribution < 1.29 is 9.53 Å². The fourth-order valence-corrected chi connectivity index (χ4v) is 3.45. The van der Waals surface area contributed by atoms with Gasteiger partial charge in [0.1, 0.15) is 0 Å². The van der Waals surface area contributed by atoms with E-state index in [1.54, 1.807) is 11.3 Å². The lowest BCUT2D eigenvalue weighted by atomic mass is 9.99. The number of rotatable bonds is 5. The van der Waals surface area contributed by atoms with Gasteiger partial charge >= 0.3 is 5.97 Å². The quantitative estimate of drug-likeness (QED) is 0.324. The summed E-state index contributed by atoms with van der Waals surface area (Å²) in [6.45, 7) is 7.26. The maximum Gasteiger partial charge on any atom is 0.310 e. The zero-order valence-corrected chi connectivity index (χ0v) is 17.1. The Kier molecular flexibility index (Phi) is 8.90. The van der Waals surface area contributed by atoms with E-state index in [0.29, 0.717) is 6.54 Å². The highest BCUT2D eigenvalue weighted by Crippen LogP contribution is 2.24. The molecule has 1 aliphatic heterocycles. The zero-order valence-electron chi connectivity index (χ0n) is 13.9. The van der Waals surface area contributed by atoms with Gasteiger partial charge in [0.05, 0.1) is 13.0 Å². The minimum atomic E-state index is -0.121. The highest BCUT2D eigenvalue weighted by atomic mass is 127. The second kappa shape index (κ2) is 10.1. The maximum absolute atomic E-state index is 11.8. The van der Waals surface area contributed by atoms with Crippen molar-refractivity contribution in [1.82, 2.24) is 10.2 Å². The van der Waals surface area contributed by atoms with Crippen LogP contribution < -0.4 is 5.32 Å². The van der Waals surface area contributed by atoms with Crippen LogP contribution in [0.15, 0.2) is 22.5 Å². The Morgan fingerprint density at radius 3 is 2.91 bits per heavy atom. The lowest BCUT2D eigenvalue weighted by Gasteiger charge is -2.21. The fourth-order valence-electron chi connectivity index (χ4n) is 2.75. The minimum absolute atomic E-state index is 0. The molecule has 5 nitrogen and oxygen atoms in total. The van der Waals surface area contributed by atoms with Gasteiger partial charge in [0.15, 0.2) is 5.96 Å². The molecule has 1 aliphatic rings. The molecular weight excluding hydrogens is 425 g/mol. The predicted octanol–water partition coefficient (Wildman–Crippen LogP) is 2.62. The van der Waals surface area contributed by atoms with Crippen LogP contribution in [0, 0.1) is 11.8 Å². The Hall–Kier alpha value is -0.830. The molecule has 23 heavy (non-hydrogen) atoms. The van der Waals surface area contributed by atoms with E-state index in [2.05, 4.69) is 41.6 Å². The van der Waals surface area contributed by atoms with Crippen molar-refractivity contribution in [3.8, 4) is 0 Å². The number of nitrogens with one attached hydrogen (secondary N) is 1. The normalized spacial score (nSPS) is 21.0. The van der Waals surface area contributed by atoms with Crippen molar-refractivity contribution in [1.29, 1.82) is 0 Å². The van der Waals surface area contributed by atoms with Crippen LogP contribution in [0.4, 0.5) is 0 Å². The molecular formula is C16H26IN3O2S. The van der Waals surface area contributed by atoms with E-state index in [9.17, 15) is 4.79 Å². The van der Waals surface area contributed by atoms with E-state index in [-0.39, 0.29) is 41.8 Å². The predicted molar refractivity (Wildman–Crippen MR) is 106 cm³/mol. The number of carbonyl (C=O) groups is 1. The van der Waals surface area contributed by atoms with E-state index in [4.69, 9.17) is 9.73 Å². The SMILES string of the molecule is CCNC(=NCCc1cccs1)N1CC(C)C(C(=O)OC)C1.I. The molecule has 0 amide bonds. The van der Waals surface area contributed by atoms with Crippen LogP contribution in [0.3, 0.4) is 0 Å². The molecule has 0 aromatic carbocycles. The summed E-state index contributed by atoms with van der Waals surface area (Å²) in [5, 5.41) is 5.42. The van der Waals surface area contributed by atoms with Crippen LogP contribution in [0.1, 0.15) is 18.7 Å². The molecule has 0 radical (unpaired) electrons. The van der Waals surface area contributed by atoms with Crippen molar-refractivity contribution in [2.24, 2.45) is 16.8 Å². The van der Waals surface area contributed by atoms with Gasteiger partial charge < -0.3 is 15.0 Å². The molecule has 130 valence electrons. The Labute approximate surface area is 159 Å². The molecule has 1 aromatic heterocycles. The Morgan fingerprint density at radius 1 is 1.52 bits per heavy atom. The number of hydrogen-bond donors (Lipinski definition) is 1. The van der Waals surface area contributed by atoms with Crippen molar-refractivity contribution in [3.63, 3.8) is 0 Å². The van der Waals surface area contributed by atoms with Gasteiger partial charge in [0.25, 0.3) is 0 Å². The number of esters is 1. The van der Waals surface area contributed by atoms with Crippen LogP contribution in [-0.4, -0.2) is 50.1 Å². The van der Waals surface area contributed by atoms with Gasteiger partial charge in [-0.1, -0.05) is 13.0 Å². The lowest BCUT2D eigenvalue weighted by molar-refractivity contribution is -0.145. The number of halogens is 1. The first-order valence-electron chi connectivity index (χ1n) is 7.79. The minimum Gasteiger partial charge on any atom is -0.469 e. The zero-order chi connectivity index (χ0) is 15.9. The first-order valence-corrected chi connectivity index (χ1v) is 8.67. The molecule has 0 aliphatic carbocycles. The lowest BCUT2D eigenvalue weighted by Crippen LogP contribution is -2.40. The number of carbonyl (C=O) groups excluding carboxylic acids is 1. The molecule has 0 saturated carbocycles. The third-order valence-corrected chi connectivity index (χ3v) is 4.89. The molecule has 1 aromatic rings. The van der Waals surface area contributed by atoms with E-state index in [1.807, 2.05) is 0 Å². The molecule has 1 fully saturated rings. The molecule has 2 heterocycles. The largest absolute Gasteiger partial charge is 0.469 e. The van der Waals surface area contributed by atoms with Crippen LogP contribution in [0.5, 0.6) is 0 Å². The topological polar surface area (TPSA) is 53.9 Å². The van der Waals surface area contributed by atoms with Gasteiger partial charge in [-0.25, -0.2) is 0 Å². The van der Waals surface area contributed by atoms with E-state index in [0.717, 1.165) is 32.0 Å². The highest BCUT2D eigenvalue weighted by Gasteiger charge is 2.36. The van der Waals surface area contributed by atoms with Gasteiger partial charge in [-0.2, -0.15) is 0 Å². The van der Waals surface area contributed by atoms with Crippen LogP contribution in [0.2, 0.25) is 0 Å². The van der Waals surface area contributed by atoms with Crippen molar-refractivity contribution in [3.05, 3.63) is 22.4 Å². The standard InChI is InChI=1S/C16H25N3O2S.HI/c1-4-17-16(18-8-7-13-6-5-9-22-13)19-10-12(2)14(11-19)15(20)21-3;/h5-6,9,12,14H,4,7-8,10-11H2,1-3H3,(H,17,18);1H. The second-order valence-corrected chi connectivity index (χ2v) is 6.61. The molecule has 1 N–H and O–H groups in total. The third-order valence-electron chi connectivity index (χ3n) is 3.95. The average Bonchev–Trinajstić information content (AvgIpc) is 3.15. The monoisotopic (exact) mass is 451 g/mol. The van der Waals surface area contributed by atoms with Crippen LogP contribution in [-0.2, 0) is 16.0 Å². The summed E-state index contributed by atoms with van der Waals surface area (Å²) in [6, 6.07) is 4.20. The number of ether oxygens (including phenoxy) is 1. The number of thiophene rings is 1. The molecule has 2 unspecified atom stereocenters. The molecule has 2 rings (SSSR count). The van der Waals surface area contributed by atoms with Gasteiger partial charge in [-0.3, -0.25) is 9.79 Å². The Morgan fingerprint density at radius 2 is 2.30 bits per heavy atom. The summed E-state index contributed by atoms with van der Waals surface area (Å²) in [6.07, 6.45) is 0.955. The summed E-state index contributed by atoms with van der Waals surface area (Å²) in [5.74, 6) is 1.00. The smallest absolute Gasteiger partial charge is 0.310 e. The van der Waals surface area contributed by atoms with Gasteiger partial charge in [-0.15, -0.1) is 35.3 Å². The molecule has 1 saturated heterocycles. The summed E-state index contributed by atoms with van der Waals surface area (Å²) >= 11 is 1.76. The number of hydrogen-bond acceptors (Lipinski definition) is 4. The van der Waals surface area contributed by atoms with Crippen LogP contribution in [0.25, 0.3) is 0 Å². The molecule has 0 spiro atoms. The highest BCUT2D eigenvalue weighted by molar-refractivity contribution is 14.0. The first-order chi connectivity index (χ1) is 10.7. The Balaban J connectivity index is 0.00000264. The summed E-state index contributed by atoms with van der Waals surface area (Å²) in [4.78, 5) is 20.0. The molecule has 0 bridgehead atoms. The third kappa shape index (κ3) is 5.63. The van der Waals surface area contributed by atoms with Crippen molar-refractivity contribution >= 4 is 47.2 Å². The second-order valence-electron chi connectivity index (χ2n) is 5.58. The molecule has 2 atom stereocenters. The first kappa shape index (κ1) is 20.2. The summed E-state index contributed by atoms with van der Waals surface area (Å²) < 4.78 is 4.90. The number of aliphatic imine (C=N–C) groups is 1. The van der Waals surface area contributed by atoms with E-state index in [1.165, 1.54) is 12.0 Å².